The third-order valence-electron chi connectivity index (χ3n) is 5.19. The molecule has 1 aromatic carbocycles. The highest BCUT2D eigenvalue weighted by Crippen LogP contribution is 2.43. The average molecular weight is 272 g/mol. The van der Waals surface area contributed by atoms with Gasteiger partial charge < -0.3 is 10.6 Å². The van der Waals surface area contributed by atoms with Crippen LogP contribution in [0.25, 0.3) is 0 Å². The summed E-state index contributed by atoms with van der Waals surface area (Å²) in [4.78, 5) is 14.5. The Labute approximate surface area is 121 Å². The molecule has 1 amide bonds. The van der Waals surface area contributed by atoms with Crippen molar-refractivity contribution in [2.45, 2.75) is 38.0 Å². The maximum atomic E-state index is 12.5. The van der Waals surface area contributed by atoms with Gasteiger partial charge in [0.25, 0.3) is 0 Å². The highest BCUT2D eigenvalue weighted by molar-refractivity contribution is 5.77. The number of carbonyl (C=O) groups is 1. The van der Waals surface area contributed by atoms with Gasteiger partial charge in [-0.2, -0.15) is 0 Å². The fourth-order valence-corrected chi connectivity index (χ4v) is 3.55. The average Bonchev–Trinajstić information content (AvgIpc) is 2.93. The Morgan fingerprint density at radius 3 is 2.65 bits per heavy atom. The van der Waals surface area contributed by atoms with E-state index in [4.69, 9.17) is 5.73 Å². The second-order valence-corrected chi connectivity index (χ2v) is 6.47. The Bertz CT molecular complexity index is 462. The highest BCUT2D eigenvalue weighted by atomic mass is 16.2. The molecule has 2 N–H and O–H groups in total. The van der Waals surface area contributed by atoms with Crippen LogP contribution in [0.3, 0.4) is 0 Å². The van der Waals surface area contributed by atoms with E-state index in [1.54, 1.807) is 0 Å². The van der Waals surface area contributed by atoms with Gasteiger partial charge in [-0.25, -0.2) is 0 Å². The lowest BCUT2D eigenvalue weighted by molar-refractivity contribution is -0.134. The molecule has 3 heteroatoms. The summed E-state index contributed by atoms with van der Waals surface area (Å²) in [5.74, 6) is 0.823. The van der Waals surface area contributed by atoms with Gasteiger partial charge in [0.15, 0.2) is 0 Å². The molecule has 1 aromatic rings. The van der Waals surface area contributed by atoms with Crippen molar-refractivity contribution in [2.75, 3.05) is 19.6 Å². The monoisotopic (exact) mass is 272 g/mol. The quantitative estimate of drug-likeness (QED) is 0.915. The van der Waals surface area contributed by atoms with Gasteiger partial charge in [-0.05, 0) is 36.8 Å². The van der Waals surface area contributed by atoms with Crippen molar-refractivity contribution in [1.82, 2.24) is 4.90 Å². The Balaban J connectivity index is 1.58. The van der Waals surface area contributed by atoms with Crippen LogP contribution in [-0.2, 0) is 4.79 Å². The second kappa shape index (κ2) is 5.57. The van der Waals surface area contributed by atoms with E-state index in [2.05, 4.69) is 24.3 Å². The van der Waals surface area contributed by atoms with Crippen LogP contribution in [-0.4, -0.2) is 30.4 Å². The number of carbonyl (C=O) groups excluding carboxylic acids is 1. The number of rotatable bonds is 4. The number of hydrogen-bond donors (Lipinski definition) is 1. The van der Waals surface area contributed by atoms with Gasteiger partial charge in [-0.15, -0.1) is 0 Å². The molecule has 20 heavy (non-hydrogen) atoms. The summed E-state index contributed by atoms with van der Waals surface area (Å²) in [5, 5.41) is 0. The minimum Gasteiger partial charge on any atom is -0.342 e. The van der Waals surface area contributed by atoms with Crippen LogP contribution in [0.2, 0.25) is 0 Å². The van der Waals surface area contributed by atoms with Gasteiger partial charge >= 0.3 is 0 Å². The molecule has 1 aliphatic heterocycles. The zero-order chi connectivity index (χ0) is 14.0. The van der Waals surface area contributed by atoms with Crippen LogP contribution < -0.4 is 5.73 Å². The fourth-order valence-electron chi connectivity index (χ4n) is 3.55. The minimum atomic E-state index is 0.127. The Kier molecular flexibility index (Phi) is 3.79. The zero-order valence-electron chi connectivity index (χ0n) is 12.1. The van der Waals surface area contributed by atoms with Crippen molar-refractivity contribution in [3.05, 3.63) is 35.9 Å². The number of hydrogen-bond acceptors (Lipinski definition) is 2. The van der Waals surface area contributed by atoms with Gasteiger partial charge in [0.05, 0.1) is 0 Å². The van der Waals surface area contributed by atoms with Crippen molar-refractivity contribution in [2.24, 2.45) is 11.1 Å². The van der Waals surface area contributed by atoms with Crippen LogP contribution in [0.4, 0.5) is 0 Å². The van der Waals surface area contributed by atoms with Crippen LogP contribution in [0.15, 0.2) is 30.3 Å². The lowest BCUT2D eigenvalue weighted by Gasteiger charge is -2.41. The number of likely N-dealkylation sites (tertiary alicyclic amines) is 1. The molecule has 0 radical (unpaired) electrons. The maximum Gasteiger partial charge on any atom is 0.223 e. The smallest absolute Gasteiger partial charge is 0.223 e. The lowest BCUT2D eigenvalue weighted by atomic mass is 9.66. The number of amides is 1. The van der Waals surface area contributed by atoms with Gasteiger partial charge in [-0.1, -0.05) is 36.8 Å². The molecule has 1 atom stereocenters. The third-order valence-corrected chi connectivity index (χ3v) is 5.19. The Morgan fingerprint density at radius 2 is 2.05 bits per heavy atom. The van der Waals surface area contributed by atoms with Crippen LogP contribution in [0.5, 0.6) is 0 Å². The molecule has 3 rings (SSSR count). The molecule has 0 aromatic heterocycles. The molecule has 108 valence electrons. The third kappa shape index (κ3) is 2.59. The topological polar surface area (TPSA) is 46.3 Å². The first-order chi connectivity index (χ1) is 9.72. The summed E-state index contributed by atoms with van der Waals surface area (Å²) in [6.45, 7) is 2.44. The zero-order valence-corrected chi connectivity index (χ0v) is 12.1. The first kappa shape index (κ1) is 13.6. The SMILES string of the molecule is NCC1(CC(=O)N2CCC(c3ccccc3)C2)CCC1. The van der Waals surface area contributed by atoms with E-state index < -0.39 is 0 Å². The molecule has 0 spiro atoms. The highest BCUT2D eigenvalue weighted by Gasteiger charge is 2.39. The minimum absolute atomic E-state index is 0.127. The molecule has 1 saturated carbocycles. The second-order valence-electron chi connectivity index (χ2n) is 6.47. The summed E-state index contributed by atoms with van der Waals surface area (Å²) in [6, 6.07) is 10.6. The van der Waals surface area contributed by atoms with Crippen molar-refractivity contribution in [3.8, 4) is 0 Å². The molecule has 1 aliphatic carbocycles. The van der Waals surface area contributed by atoms with Crippen molar-refractivity contribution < 1.29 is 4.79 Å². The van der Waals surface area contributed by atoms with E-state index in [1.807, 2.05) is 11.0 Å². The van der Waals surface area contributed by atoms with Gasteiger partial charge in [0.1, 0.15) is 0 Å². The Morgan fingerprint density at radius 1 is 1.30 bits per heavy atom. The molecular formula is C17H24N2O. The van der Waals surface area contributed by atoms with Crippen molar-refractivity contribution in [3.63, 3.8) is 0 Å². The summed E-state index contributed by atoms with van der Waals surface area (Å²) >= 11 is 0. The summed E-state index contributed by atoms with van der Waals surface area (Å²) in [5.41, 5.74) is 7.35. The molecular weight excluding hydrogens is 248 g/mol. The number of benzene rings is 1. The largest absolute Gasteiger partial charge is 0.342 e. The standard InChI is InChI=1S/C17H24N2O/c18-13-17(8-4-9-17)11-16(20)19-10-7-15(12-19)14-5-2-1-3-6-14/h1-3,5-6,15H,4,7-13,18H2. The van der Waals surface area contributed by atoms with Crippen LogP contribution >= 0.6 is 0 Å². The van der Waals surface area contributed by atoms with Crippen molar-refractivity contribution >= 4 is 5.91 Å². The summed E-state index contributed by atoms with van der Waals surface area (Å²) in [7, 11) is 0. The summed E-state index contributed by atoms with van der Waals surface area (Å²) < 4.78 is 0. The predicted octanol–water partition coefficient (Wildman–Crippen LogP) is 2.52. The van der Waals surface area contributed by atoms with E-state index >= 15 is 0 Å². The van der Waals surface area contributed by atoms with Crippen molar-refractivity contribution in [1.29, 1.82) is 0 Å². The fraction of sp³-hybridized carbons (Fsp3) is 0.588. The number of nitrogens with zero attached hydrogens (tertiary/aromatic N) is 1. The first-order valence-electron chi connectivity index (χ1n) is 7.75. The lowest BCUT2D eigenvalue weighted by Crippen LogP contribution is -2.42. The molecule has 3 nitrogen and oxygen atoms in total. The summed E-state index contributed by atoms with van der Waals surface area (Å²) in [6.07, 6.45) is 5.24. The molecule has 1 saturated heterocycles. The van der Waals surface area contributed by atoms with Gasteiger partial charge in [-0.3, -0.25) is 4.79 Å². The molecule has 0 bridgehead atoms. The number of nitrogens with two attached hydrogens (primary N) is 1. The van der Waals surface area contributed by atoms with E-state index in [9.17, 15) is 4.79 Å². The van der Waals surface area contributed by atoms with E-state index in [0.29, 0.717) is 24.8 Å². The predicted molar refractivity (Wildman–Crippen MR) is 80.3 cm³/mol. The normalized spacial score (nSPS) is 24.4. The van der Waals surface area contributed by atoms with E-state index in [-0.39, 0.29) is 5.41 Å². The maximum absolute atomic E-state index is 12.5. The van der Waals surface area contributed by atoms with E-state index in [0.717, 1.165) is 32.4 Å². The van der Waals surface area contributed by atoms with Crippen LogP contribution in [0, 0.1) is 5.41 Å². The Hall–Kier alpha value is -1.35. The molecule has 1 unspecified atom stereocenters. The molecule has 2 aliphatic rings. The van der Waals surface area contributed by atoms with Crippen LogP contribution in [0.1, 0.15) is 43.6 Å². The molecule has 1 heterocycles. The first-order valence-corrected chi connectivity index (χ1v) is 7.75. The molecule has 2 fully saturated rings. The van der Waals surface area contributed by atoms with Gasteiger partial charge in [0, 0.05) is 25.4 Å². The van der Waals surface area contributed by atoms with E-state index in [1.165, 1.54) is 12.0 Å². The van der Waals surface area contributed by atoms with Gasteiger partial charge in [0.2, 0.25) is 5.91 Å².